The Kier molecular flexibility index (Phi) is 9.42. The maximum absolute atomic E-state index is 13.8. The lowest BCUT2D eigenvalue weighted by Crippen LogP contribution is -2.54. The summed E-state index contributed by atoms with van der Waals surface area (Å²) < 4.78 is 13.1. The van der Waals surface area contributed by atoms with Crippen molar-refractivity contribution >= 4 is 34.7 Å². The van der Waals surface area contributed by atoms with Gasteiger partial charge < -0.3 is 29.8 Å². The second-order valence-corrected chi connectivity index (χ2v) is 11.6. The number of hydrogen-bond acceptors (Lipinski definition) is 8. The number of aliphatic hydroxyl groups is 1. The number of aliphatic hydroxyl groups excluding tert-OH is 1. The molecule has 4 atom stereocenters. The Morgan fingerprint density at radius 2 is 2.05 bits per heavy atom. The van der Waals surface area contributed by atoms with Crippen LogP contribution in [-0.2, 0) is 30.9 Å². The van der Waals surface area contributed by atoms with Crippen LogP contribution < -0.4 is 26.6 Å². The lowest BCUT2D eigenvalue weighted by molar-refractivity contribution is -0.0281. The minimum absolute atomic E-state index is 0.153. The molecule has 1 amide bonds. The van der Waals surface area contributed by atoms with Crippen LogP contribution in [0.25, 0.3) is 5.57 Å². The van der Waals surface area contributed by atoms with E-state index in [0.29, 0.717) is 47.2 Å². The molecule has 1 aliphatic heterocycles. The van der Waals surface area contributed by atoms with Crippen molar-refractivity contribution < 1.29 is 19.4 Å². The summed E-state index contributed by atoms with van der Waals surface area (Å²) in [6.07, 6.45) is 8.09. The van der Waals surface area contributed by atoms with Gasteiger partial charge >= 0.3 is 5.69 Å². The quantitative estimate of drug-likeness (QED) is 0.319. The summed E-state index contributed by atoms with van der Waals surface area (Å²) in [6.45, 7) is 1.17. The van der Waals surface area contributed by atoms with Gasteiger partial charge in [-0.25, -0.2) is 4.79 Å². The average molecular weight is 643 g/mol. The molecule has 0 bridgehead atoms. The van der Waals surface area contributed by atoms with Crippen molar-refractivity contribution in [1.29, 1.82) is 0 Å². The number of amides is 1. The molecule has 0 radical (unpaired) electrons. The van der Waals surface area contributed by atoms with Gasteiger partial charge in [0.15, 0.2) is 0 Å². The molecule has 1 aliphatic carbocycles. The number of allylic oxidation sites excluding steroid dienone is 2. The summed E-state index contributed by atoms with van der Waals surface area (Å²) in [5, 5.41) is 16.1. The SMILES string of the molecule is COc1cc(C2(NC(=O)c3cn(C)c(=O)n(C)c3=O)C=CC=C(c3ccccc3Cl)C2Cl)ncc1CN[C@@H]1CCOC[C@@H]1O. The number of nitrogens with zero attached hydrogens (tertiary/aromatic N) is 3. The first kappa shape index (κ1) is 31.7. The number of aromatic nitrogens is 3. The minimum atomic E-state index is -1.47. The zero-order chi connectivity index (χ0) is 31.6. The van der Waals surface area contributed by atoms with Crippen molar-refractivity contribution in [3.05, 3.63) is 109 Å². The maximum Gasteiger partial charge on any atom is 0.330 e. The highest BCUT2D eigenvalue weighted by Crippen LogP contribution is 2.43. The summed E-state index contributed by atoms with van der Waals surface area (Å²) in [6, 6.07) is 8.73. The van der Waals surface area contributed by atoms with Crippen LogP contribution in [0, 0.1) is 0 Å². The van der Waals surface area contributed by atoms with Gasteiger partial charge in [0.05, 0.1) is 30.9 Å². The van der Waals surface area contributed by atoms with Crippen molar-refractivity contribution in [2.24, 2.45) is 14.1 Å². The number of benzene rings is 1. The molecule has 1 fully saturated rings. The number of carbonyl (C=O) groups is 1. The maximum atomic E-state index is 13.8. The first-order valence-electron chi connectivity index (χ1n) is 14.0. The highest BCUT2D eigenvalue weighted by atomic mass is 35.5. The Bertz CT molecular complexity index is 1750. The van der Waals surface area contributed by atoms with Gasteiger partial charge in [0, 0.05) is 62.3 Å². The normalized spacial score (nSPS) is 23.2. The highest BCUT2D eigenvalue weighted by Gasteiger charge is 2.45. The van der Waals surface area contributed by atoms with E-state index in [1.54, 1.807) is 36.5 Å². The molecule has 3 aromatic rings. The zero-order valence-corrected chi connectivity index (χ0v) is 25.9. The molecule has 0 spiro atoms. The number of methoxy groups -OCH3 is 1. The number of ether oxygens (including phenoxy) is 2. The van der Waals surface area contributed by atoms with Crippen LogP contribution in [0.5, 0.6) is 5.75 Å². The van der Waals surface area contributed by atoms with Gasteiger partial charge in [-0.2, -0.15) is 0 Å². The molecule has 232 valence electrons. The average Bonchev–Trinajstić information content (AvgIpc) is 3.02. The largest absolute Gasteiger partial charge is 0.496 e. The van der Waals surface area contributed by atoms with Gasteiger partial charge in [-0.15, -0.1) is 11.6 Å². The number of nitrogens with one attached hydrogen (secondary N) is 2. The van der Waals surface area contributed by atoms with Gasteiger partial charge in [0.1, 0.15) is 16.9 Å². The van der Waals surface area contributed by atoms with Crippen molar-refractivity contribution in [3.8, 4) is 5.75 Å². The lowest BCUT2D eigenvalue weighted by atomic mass is 9.80. The smallest absolute Gasteiger partial charge is 0.330 e. The van der Waals surface area contributed by atoms with E-state index in [2.05, 4.69) is 10.6 Å². The molecule has 0 saturated carbocycles. The second-order valence-electron chi connectivity index (χ2n) is 10.7. The minimum Gasteiger partial charge on any atom is -0.496 e. The molecule has 3 N–H and O–H groups in total. The Morgan fingerprint density at radius 1 is 1.27 bits per heavy atom. The lowest BCUT2D eigenvalue weighted by Gasteiger charge is -2.39. The van der Waals surface area contributed by atoms with Crippen LogP contribution in [0.4, 0.5) is 0 Å². The molecule has 2 aliphatic rings. The molecule has 1 aromatic carbocycles. The molecule has 5 rings (SSSR count). The van der Waals surface area contributed by atoms with E-state index in [1.807, 2.05) is 18.2 Å². The Morgan fingerprint density at radius 3 is 2.77 bits per heavy atom. The van der Waals surface area contributed by atoms with Crippen LogP contribution in [0.3, 0.4) is 0 Å². The summed E-state index contributed by atoms with van der Waals surface area (Å²) in [4.78, 5) is 43.8. The topological polar surface area (TPSA) is 137 Å². The molecule has 11 nitrogen and oxygen atoms in total. The van der Waals surface area contributed by atoms with E-state index < -0.39 is 34.2 Å². The highest BCUT2D eigenvalue weighted by molar-refractivity contribution is 6.34. The van der Waals surface area contributed by atoms with E-state index in [4.69, 9.17) is 37.7 Å². The Labute approximate surface area is 263 Å². The molecule has 44 heavy (non-hydrogen) atoms. The molecule has 2 unspecified atom stereocenters. The first-order valence-corrected chi connectivity index (χ1v) is 14.8. The molecular formula is C31H33Cl2N5O6. The predicted octanol–water partition coefficient (Wildman–Crippen LogP) is 2.27. The van der Waals surface area contributed by atoms with Gasteiger partial charge in [-0.05, 0) is 23.6 Å². The van der Waals surface area contributed by atoms with E-state index in [0.717, 1.165) is 14.7 Å². The van der Waals surface area contributed by atoms with Crippen LogP contribution in [0.2, 0.25) is 5.02 Å². The standard InChI is InChI=1S/C31H33Cl2N5O6/c1-37-16-21(29(41)38(2)30(37)42)28(40)36-31(11-6-8-20(27(31)33)19-7-4-5-9-22(19)32)26-13-25(43-3)18(15-35-26)14-34-23-10-12-44-17-24(23)39/h4-9,11,13,15-16,23-24,27,34,39H,10,12,14,17H2,1-3H3,(H,36,40)/t23-,24+,27?,31?/m1/s1. The van der Waals surface area contributed by atoms with Gasteiger partial charge in [0.25, 0.3) is 11.5 Å². The van der Waals surface area contributed by atoms with Crippen LogP contribution in [0.15, 0.2) is 70.5 Å². The number of hydrogen-bond donors (Lipinski definition) is 3. The number of aryl methyl sites for hydroxylation is 1. The van der Waals surface area contributed by atoms with Crippen molar-refractivity contribution in [2.45, 2.75) is 36.0 Å². The third-order valence-electron chi connectivity index (χ3n) is 7.97. The number of pyridine rings is 1. The third kappa shape index (κ3) is 5.98. The fraction of sp³-hybridized carbons (Fsp3) is 0.355. The fourth-order valence-electron chi connectivity index (χ4n) is 5.46. The fourth-order valence-corrected chi connectivity index (χ4v) is 6.13. The van der Waals surface area contributed by atoms with Gasteiger partial charge in [-0.1, -0.05) is 48.0 Å². The summed E-state index contributed by atoms with van der Waals surface area (Å²) in [5.74, 6) is -0.279. The third-order valence-corrected chi connectivity index (χ3v) is 8.88. The molecular weight excluding hydrogens is 609 g/mol. The summed E-state index contributed by atoms with van der Waals surface area (Å²) in [7, 11) is 4.28. The van der Waals surface area contributed by atoms with Crippen LogP contribution in [0.1, 0.15) is 33.6 Å². The van der Waals surface area contributed by atoms with Gasteiger partial charge in [-0.3, -0.25) is 19.1 Å². The van der Waals surface area contributed by atoms with E-state index in [1.165, 1.54) is 27.4 Å². The predicted molar refractivity (Wildman–Crippen MR) is 167 cm³/mol. The number of alkyl halides is 1. The number of rotatable bonds is 8. The Balaban J connectivity index is 1.57. The van der Waals surface area contributed by atoms with Crippen LogP contribution >= 0.6 is 23.2 Å². The number of halogens is 2. The van der Waals surface area contributed by atoms with E-state index in [-0.39, 0.29) is 18.2 Å². The summed E-state index contributed by atoms with van der Waals surface area (Å²) in [5.41, 5.74) is -0.700. The van der Waals surface area contributed by atoms with Crippen LogP contribution in [-0.4, -0.2) is 63.0 Å². The first-order chi connectivity index (χ1) is 21.1. The van der Waals surface area contributed by atoms with E-state index >= 15 is 0 Å². The summed E-state index contributed by atoms with van der Waals surface area (Å²) >= 11 is 13.8. The molecule has 13 heteroatoms. The zero-order valence-electron chi connectivity index (χ0n) is 24.4. The van der Waals surface area contributed by atoms with Crippen molar-refractivity contribution in [2.75, 3.05) is 20.3 Å². The Hall–Kier alpha value is -3.74. The van der Waals surface area contributed by atoms with Crippen molar-refractivity contribution in [1.82, 2.24) is 24.8 Å². The molecule has 2 aromatic heterocycles. The van der Waals surface area contributed by atoms with Crippen molar-refractivity contribution in [3.63, 3.8) is 0 Å². The monoisotopic (exact) mass is 641 g/mol. The second kappa shape index (κ2) is 13.1. The van der Waals surface area contributed by atoms with Gasteiger partial charge in [0.2, 0.25) is 0 Å². The molecule has 3 heterocycles. The molecule has 1 saturated heterocycles. The van der Waals surface area contributed by atoms with E-state index in [9.17, 15) is 19.5 Å². The number of carbonyl (C=O) groups excluding carboxylic acids is 1.